The van der Waals surface area contributed by atoms with Crippen molar-refractivity contribution in [2.45, 2.75) is 31.0 Å². The molecule has 0 unspecified atom stereocenters. The van der Waals surface area contributed by atoms with Crippen LogP contribution in [0.1, 0.15) is 26.7 Å². The summed E-state index contributed by atoms with van der Waals surface area (Å²) in [5.41, 5.74) is 4.81. The molecule has 1 radical (unpaired) electrons. The van der Waals surface area contributed by atoms with Crippen LogP contribution in [0.4, 0.5) is 4.79 Å². The van der Waals surface area contributed by atoms with E-state index < -0.39 is 10.4 Å². The van der Waals surface area contributed by atoms with Crippen molar-refractivity contribution >= 4 is 27.9 Å². The summed E-state index contributed by atoms with van der Waals surface area (Å²) in [5, 5.41) is 2.04. The van der Waals surface area contributed by atoms with E-state index in [1.54, 1.807) is 0 Å². The van der Waals surface area contributed by atoms with Crippen LogP contribution in [0.2, 0.25) is 0 Å². The molecule has 13 heavy (non-hydrogen) atoms. The van der Waals surface area contributed by atoms with E-state index in [2.05, 4.69) is 15.9 Å². The number of hydrogen-bond acceptors (Lipinski definition) is 2. The number of carbonyl (C=O) groups is 2. The second kappa shape index (κ2) is 6.40. The van der Waals surface area contributed by atoms with Crippen LogP contribution >= 0.6 is 15.9 Å². The molecule has 6 heteroatoms. The van der Waals surface area contributed by atoms with Crippen molar-refractivity contribution in [1.29, 1.82) is 0 Å². The summed E-state index contributed by atoms with van der Waals surface area (Å²) in [6.07, 6.45) is 1.23. The number of hydrogen-bond donors (Lipinski definition) is 2. The third kappa shape index (κ3) is 4.64. The molecule has 0 saturated carbocycles. The first-order chi connectivity index (χ1) is 5.46. The molecule has 0 aliphatic heterocycles. The molecule has 0 aliphatic carbocycles. The SMILES string of the molecule is CCC(Br)(CC)C(=O)NC(N)=O.[Cu]. The molecule has 4 nitrogen and oxygen atoms in total. The van der Waals surface area contributed by atoms with Crippen LogP contribution in [-0.2, 0) is 21.9 Å². The summed E-state index contributed by atoms with van der Waals surface area (Å²) in [6, 6.07) is -0.814. The largest absolute Gasteiger partial charge is 0.351 e. The van der Waals surface area contributed by atoms with Gasteiger partial charge in [-0.1, -0.05) is 29.8 Å². The van der Waals surface area contributed by atoms with Gasteiger partial charge in [0.25, 0.3) is 0 Å². The Labute approximate surface area is 96.6 Å². The molecule has 0 rings (SSSR count). The number of rotatable bonds is 3. The van der Waals surface area contributed by atoms with E-state index in [0.29, 0.717) is 12.8 Å². The van der Waals surface area contributed by atoms with E-state index in [0.717, 1.165) is 0 Å². The average Bonchev–Trinajstić information content (AvgIpc) is 2.02. The number of nitrogens with one attached hydrogen (secondary N) is 1. The van der Waals surface area contributed by atoms with Crippen LogP contribution in [0.15, 0.2) is 0 Å². The molecular weight excluding hydrogens is 288 g/mol. The predicted molar refractivity (Wildman–Crippen MR) is 50.0 cm³/mol. The van der Waals surface area contributed by atoms with Crippen LogP contribution in [0.5, 0.6) is 0 Å². The van der Waals surface area contributed by atoms with Crippen molar-refractivity contribution in [2.75, 3.05) is 0 Å². The van der Waals surface area contributed by atoms with E-state index in [1.165, 1.54) is 0 Å². The Kier molecular flexibility index (Phi) is 7.59. The molecule has 0 saturated heterocycles. The maximum atomic E-state index is 11.3. The smallest absolute Gasteiger partial charge is 0.318 e. The minimum Gasteiger partial charge on any atom is -0.351 e. The molecule has 0 heterocycles. The molecular formula is C7H13BrCuN2O2. The number of primary amides is 1. The minimum atomic E-state index is -0.814. The first-order valence-electron chi connectivity index (χ1n) is 3.76. The topological polar surface area (TPSA) is 72.2 Å². The van der Waals surface area contributed by atoms with Crippen LogP contribution < -0.4 is 11.1 Å². The molecule has 0 bridgehead atoms. The number of halogens is 1. The Hall–Kier alpha value is -0.0605. The van der Waals surface area contributed by atoms with Crippen LogP contribution in [0.3, 0.4) is 0 Å². The number of urea groups is 1. The first-order valence-corrected chi connectivity index (χ1v) is 4.55. The average molecular weight is 301 g/mol. The van der Waals surface area contributed by atoms with E-state index in [4.69, 9.17) is 5.73 Å². The van der Waals surface area contributed by atoms with Gasteiger partial charge >= 0.3 is 6.03 Å². The summed E-state index contributed by atoms with van der Waals surface area (Å²) in [7, 11) is 0. The van der Waals surface area contributed by atoms with Gasteiger partial charge in [0.05, 0.1) is 0 Å². The van der Waals surface area contributed by atoms with E-state index in [1.807, 2.05) is 19.2 Å². The predicted octanol–water partition coefficient (Wildman–Crippen LogP) is 1.13. The standard InChI is InChI=1S/C7H13BrN2O2.Cu/c1-3-7(8,4-2)5(11)10-6(9)12;/h3-4H2,1-2H3,(H3,9,10,11,12);. The van der Waals surface area contributed by atoms with Crippen molar-refractivity contribution in [2.24, 2.45) is 5.73 Å². The fourth-order valence-corrected chi connectivity index (χ4v) is 0.894. The quantitative estimate of drug-likeness (QED) is 0.606. The molecule has 0 spiro atoms. The molecule has 0 aromatic rings. The second-order valence-corrected chi connectivity index (χ2v) is 4.01. The normalized spacial score (nSPS) is 10.1. The first kappa shape index (κ1) is 15.4. The van der Waals surface area contributed by atoms with Gasteiger partial charge in [-0.3, -0.25) is 10.1 Å². The molecule has 0 aromatic heterocycles. The zero-order valence-corrected chi connectivity index (χ0v) is 10.0. The molecule has 3 N–H and O–H groups in total. The Morgan fingerprint density at radius 1 is 1.38 bits per heavy atom. The maximum absolute atomic E-state index is 11.3. The van der Waals surface area contributed by atoms with Gasteiger partial charge in [-0.15, -0.1) is 0 Å². The summed E-state index contributed by atoms with van der Waals surface area (Å²) in [4.78, 5) is 21.6. The van der Waals surface area contributed by atoms with E-state index in [9.17, 15) is 9.59 Å². The van der Waals surface area contributed by atoms with Crippen molar-refractivity contribution < 1.29 is 26.7 Å². The van der Waals surface area contributed by atoms with E-state index >= 15 is 0 Å². The minimum absolute atomic E-state index is 0. The Morgan fingerprint density at radius 3 is 2.00 bits per heavy atom. The van der Waals surface area contributed by atoms with Gasteiger partial charge in [0, 0.05) is 17.1 Å². The fourth-order valence-electron chi connectivity index (χ4n) is 0.795. The number of nitrogens with two attached hydrogens (primary N) is 1. The monoisotopic (exact) mass is 299 g/mol. The zero-order chi connectivity index (χ0) is 9.78. The third-order valence-electron chi connectivity index (χ3n) is 1.76. The Morgan fingerprint density at radius 2 is 1.77 bits per heavy atom. The molecule has 3 amide bonds. The van der Waals surface area contributed by atoms with Crippen molar-refractivity contribution in [3.05, 3.63) is 0 Å². The third-order valence-corrected chi connectivity index (χ3v) is 3.25. The van der Waals surface area contributed by atoms with Crippen LogP contribution in [-0.4, -0.2) is 16.3 Å². The number of alkyl halides is 1. The second-order valence-electron chi connectivity index (χ2n) is 2.49. The van der Waals surface area contributed by atoms with Crippen molar-refractivity contribution in [1.82, 2.24) is 5.32 Å². The summed E-state index contributed by atoms with van der Waals surface area (Å²) in [6.45, 7) is 3.72. The van der Waals surface area contributed by atoms with Gasteiger partial charge < -0.3 is 5.73 Å². The molecule has 0 atom stereocenters. The summed E-state index contributed by atoms with van der Waals surface area (Å²) >= 11 is 3.26. The molecule has 0 fully saturated rings. The molecule has 81 valence electrons. The summed E-state index contributed by atoms with van der Waals surface area (Å²) < 4.78 is -0.665. The van der Waals surface area contributed by atoms with Gasteiger partial charge in [0.15, 0.2) is 0 Å². The van der Waals surface area contributed by atoms with Crippen molar-refractivity contribution in [3.8, 4) is 0 Å². The Balaban J connectivity index is 0. The van der Waals surface area contributed by atoms with Gasteiger partial charge in [-0.25, -0.2) is 4.79 Å². The number of imide groups is 1. The zero-order valence-electron chi connectivity index (χ0n) is 7.49. The summed E-state index contributed by atoms with van der Waals surface area (Å²) in [5.74, 6) is -0.375. The molecule has 0 aliphatic rings. The van der Waals surface area contributed by atoms with E-state index in [-0.39, 0.29) is 23.0 Å². The molecule has 0 aromatic carbocycles. The fraction of sp³-hybridized carbons (Fsp3) is 0.714. The van der Waals surface area contributed by atoms with Gasteiger partial charge in [-0.05, 0) is 12.8 Å². The Bertz CT molecular complexity index is 195. The maximum Gasteiger partial charge on any atom is 0.318 e. The van der Waals surface area contributed by atoms with Gasteiger partial charge in [0.1, 0.15) is 4.32 Å². The van der Waals surface area contributed by atoms with Gasteiger partial charge in [-0.2, -0.15) is 0 Å². The van der Waals surface area contributed by atoms with Gasteiger partial charge in [0.2, 0.25) is 5.91 Å². The van der Waals surface area contributed by atoms with Crippen molar-refractivity contribution in [3.63, 3.8) is 0 Å². The van der Waals surface area contributed by atoms with Crippen LogP contribution in [0.25, 0.3) is 0 Å². The number of carbonyl (C=O) groups excluding carboxylic acids is 2. The number of amides is 3. The van der Waals surface area contributed by atoms with Crippen LogP contribution in [0, 0.1) is 0 Å².